The second-order valence-electron chi connectivity index (χ2n) is 4.35. The molecule has 2 N–H and O–H groups in total. The van der Waals surface area contributed by atoms with E-state index in [1.54, 1.807) is 0 Å². The second kappa shape index (κ2) is 3.64. The Balaban J connectivity index is 2.41. The number of esters is 1. The van der Waals surface area contributed by atoms with Gasteiger partial charge in [-0.25, -0.2) is 4.79 Å². The van der Waals surface area contributed by atoms with Crippen molar-refractivity contribution < 1.29 is 14.3 Å². The summed E-state index contributed by atoms with van der Waals surface area (Å²) in [6, 6.07) is -0.0301. The van der Waals surface area contributed by atoms with Crippen LogP contribution in [0.2, 0.25) is 0 Å². The minimum atomic E-state index is -0.464. The third-order valence-corrected chi connectivity index (χ3v) is 1.70. The molecule has 13 heavy (non-hydrogen) atoms. The van der Waals surface area contributed by atoms with Gasteiger partial charge < -0.3 is 15.2 Å². The first-order valence-corrected chi connectivity index (χ1v) is 4.48. The molecule has 76 valence electrons. The molecule has 1 rings (SSSR count). The zero-order valence-corrected chi connectivity index (χ0v) is 8.37. The van der Waals surface area contributed by atoms with Crippen LogP contribution in [-0.2, 0) is 14.3 Å². The molecule has 1 aliphatic heterocycles. The van der Waals surface area contributed by atoms with Gasteiger partial charge in [-0.2, -0.15) is 0 Å². The summed E-state index contributed by atoms with van der Waals surface area (Å²) >= 11 is 0. The van der Waals surface area contributed by atoms with Crippen LogP contribution in [0.3, 0.4) is 0 Å². The van der Waals surface area contributed by atoms with Gasteiger partial charge in [-0.05, 0) is 20.8 Å². The minimum absolute atomic E-state index is 0.0301. The predicted molar refractivity (Wildman–Crippen MR) is 48.2 cm³/mol. The number of ether oxygens (including phenoxy) is 2. The molecule has 0 unspecified atom stereocenters. The largest absolute Gasteiger partial charge is 0.458 e. The van der Waals surface area contributed by atoms with Gasteiger partial charge in [0.25, 0.3) is 0 Å². The average molecular weight is 187 g/mol. The quantitative estimate of drug-likeness (QED) is 0.605. The molecule has 0 radical (unpaired) electrons. The van der Waals surface area contributed by atoms with E-state index >= 15 is 0 Å². The van der Waals surface area contributed by atoms with Gasteiger partial charge in [-0.3, -0.25) is 0 Å². The van der Waals surface area contributed by atoms with Crippen molar-refractivity contribution in [2.24, 2.45) is 5.73 Å². The Kier molecular flexibility index (Phi) is 2.93. The molecule has 1 heterocycles. The van der Waals surface area contributed by atoms with Crippen molar-refractivity contribution in [2.45, 2.75) is 44.9 Å². The van der Waals surface area contributed by atoms with Gasteiger partial charge in [-0.15, -0.1) is 0 Å². The fourth-order valence-electron chi connectivity index (χ4n) is 1.18. The van der Waals surface area contributed by atoms with E-state index in [4.69, 9.17) is 15.2 Å². The highest BCUT2D eigenvalue weighted by atomic mass is 16.6. The molecule has 1 saturated heterocycles. The summed E-state index contributed by atoms with van der Waals surface area (Å²) in [5, 5.41) is 0. The summed E-state index contributed by atoms with van der Waals surface area (Å²) in [7, 11) is 0. The Morgan fingerprint density at radius 3 is 2.54 bits per heavy atom. The molecule has 0 bridgehead atoms. The SMILES string of the molecule is CC(C)(C)OC(=O)[C@@H]1C[C@H](N)CO1. The number of rotatable bonds is 1. The van der Waals surface area contributed by atoms with Crippen molar-refractivity contribution in [3.63, 3.8) is 0 Å². The summed E-state index contributed by atoms with van der Waals surface area (Å²) in [5.74, 6) is -0.305. The monoisotopic (exact) mass is 187 g/mol. The highest BCUT2D eigenvalue weighted by Gasteiger charge is 2.32. The molecule has 0 aromatic carbocycles. The van der Waals surface area contributed by atoms with Crippen molar-refractivity contribution in [3.8, 4) is 0 Å². The molecule has 1 fully saturated rings. The zero-order chi connectivity index (χ0) is 10.1. The van der Waals surface area contributed by atoms with Gasteiger partial charge in [-0.1, -0.05) is 0 Å². The lowest BCUT2D eigenvalue weighted by molar-refractivity contribution is -0.165. The maximum Gasteiger partial charge on any atom is 0.335 e. The van der Waals surface area contributed by atoms with E-state index in [1.807, 2.05) is 20.8 Å². The summed E-state index contributed by atoms with van der Waals surface area (Å²) in [6.45, 7) is 5.95. The maximum absolute atomic E-state index is 11.4. The van der Waals surface area contributed by atoms with Crippen molar-refractivity contribution >= 4 is 5.97 Å². The molecule has 0 aromatic heterocycles. The topological polar surface area (TPSA) is 61.5 Å². The van der Waals surface area contributed by atoms with Crippen LogP contribution >= 0.6 is 0 Å². The third kappa shape index (κ3) is 3.32. The number of carbonyl (C=O) groups is 1. The Morgan fingerprint density at radius 2 is 2.15 bits per heavy atom. The van der Waals surface area contributed by atoms with E-state index in [1.165, 1.54) is 0 Å². The van der Waals surface area contributed by atoms with E-state index in [0.717, 1.165) is 0 Å². The lowest BCUT2D eigenvalue weighted by atomic mass is 10.1. The normalized spacial score (nSPS) is 28.9. The van der Waals surface area contributed by atoms with E-state index < -0.39 is 11.7 Å². The van der Waals surface area contributed by atoms with Crippen molar-refractivity contribution in [1.29, 1.82) is 0 Å². The van der Waals surface area contributed by atoms with Crippen molar-refractivity contribution in [2.75, 3.05) is 6.61 Å². The van der Waals surface area contributed by atoms with Crippen LogP contribution in [-0.4, -0.2) is 30.3 Å². The summed E-state index contributed by atoms with van der Waals surface area (Å²) in [4.78, 5) is 11.4. The second-order valence-corrected chi connectivity index (χ2v) is 4.35. The standard InChI is InChI=1S/C9H17NO3/c1-9(2,3)13-8(11)7-4-6(10)5-12-7/h6-7H,4-5,10H2,1-3H3/t6-,7-/m0/s1. The van der Waals surface area contributed by atoms with E-state index in [9.17, 15) is 4.79 Å². The lowest BCUT2D eigenvalue weighted by Crippen LogP contribution is -2.32. The van der Waals surface area contributed by atoms with Gasteiger partial charge in [0.1, 0.15) is 5.60 Å². The molecule has 1 aliphatic rings. The average Bonchev–Trinajstić information content (AvgIpc) is 2.31. The number of nitrogens with two attached hydrogens (primary N) is 1. The van der Waals surface area contributed by atoms with Gasteiger partial charge in [0.15, 0.2) is 6.10 Å². The number of hydrogen-bond donors (Lipinski definition) is 1. The lowest BCUT2D eigenvalue weighted by Gasteiger charge is -2.21. The first-order chi connectivity index (χ1) is 5.88. The van der Waals surface area contributed by atoms with E-state index in [0.29, 0.717) is 13.0 Å². The molecular formula is C9H17NO3. The molecule has 4 nitrogen and oxygen atoms in total. The molecule has 0 spiro atoms. The van der Waals surface area contributed by atoms with Crippen LogP contribution < -0.4 is 5.73 Å². The zero-order valence-electron chi connectivity index (χ0n) is 8.37. The first kappa shape index (κ1) is 10.5. The summed E-state index contributed by atoms with van der Waals surface area (Å²) in [5.41, 5.74) is 5.14. The Bertz CT molecular complexity index is 198. The van der Waals surface area contributed by atoms with Gasteiger partial charge >= 0.3 is 5.97 Å². The Morgan fingerprint density at radius 1 is 1.54 bits per heavy atom. The van der Waals surface area contributed by atoms with Crippen LogP contribution in [0.15, 0.2) is 0 Å². The Hall–Kier alpha value is -0.610. The molecule has 0 aliphatic carbocycles. The van der Waals surface area contributed by atoms with Crippen molar-refractivity contribution in [3.05, 3.63) is 0 Å². The fourth-order valence-corrected chi connectivity index (χ4v) is 1.18. The third-order valence-electron chi connectivity index (χ3n) is 1.70. The van der Waals surface area contributed by atoms with Crippen LogP contribution in [0.5, 0.6) is 0 Å². The van der Waals surface area contributed by atoms with Gasteiger partial charge in [0, 0.05) is 12.5 Å². The molecule has 4 heteroatoms. The van der Waals surface area contributed by atoms with Gasteiger partial charge in [0.05, 0.1) is 6.61 Å². The van der Waals surface area contributed by atoms with Crippen LogP contribution in [0.4, 0.5) is 0 Å². The van der Waals surface area contributed by atoms with Crippen LogP contribution in [0, 0.1) is 0 Å². The fraction of sp³-hybridized carbons (Fsp3) is 0.889. The molecule has 0 amide bonds. The minimum Gasteiger partial charge on any atom is -0.458 e. The Labute approximate surface area is 78.4 Å². The molecule has 0 aromatic rings. The van der Waals surface area contributed by atoms with E-state index in [2.05, 4.69) is 0 Å². The maximum atomic E-state index is 11.4. The number of hydrogen-bond acceptors (Lipinski definition) is 4. The summed E-state index contributed by atoms with van der Waals surface area (Å²) in [6.07, 6.45) is 0.101. The van der Waals surface area contributed by atoms with Crippen LogP contribution in [0.1, 0.15) is 27.2 Å². The highest BCUT2D eigenvalue weighted by Crippen LogP contribution is 2.16. The highest BCUT2D eigenvalue weighted by molar-refractivity contribution is 5.75. The summed E-state index contributed by atoms with van der Waals surface area (Å²) < 4.78 is 10.3. The van der Waals surface area contributed by atoms with E-state index in [-0.39, 0.29) is 12.0 Å². The smallest absolute Gasteiger partial charge is 0.335 e. The molecule has 0 saturated carbocycles. The van der Waals surface area contributed by atoms with Gasteiger partial charge in [0.2, 0.25) is 0 Å². The molecular weight excluding hydrogens is 170 g/mol. The predicted octanol–water partition coefficient (Wildman–Crippen LogP) is 0.444. The first-order valence-electron chi connectivity index (χ1n) is 4.48. The van der Waals surface area contributed by atoms with Crippen LogP contribution in [0.25, 0.3) is 0 Å². The van der Waals surface area contributed by atoms with Crippen molar-refractivity contribution in [1.82, 2.24) is 0 Å². The molecule has 2 atom stereocenters. The number of carbonyl (C=O) groups excluding carboxylic acids is 1.